The molecule has 4 aromatic carbocycles. The predicted octanol–water partition coefficient (Wildman–Crippen LogP) is -1.47. The summed E-state index contributed by atoms with van der Waals surface area (Å²) in [7, 11) is -3.55. The molecule has 93 heavy (non-hydrogen) atoms. The maximum absolute atomic E-state index is 14.7. The number of aromatic hydroxyl groups is 1. The van der Waals surface area contributed by atoms with E-state index < -0.39 is 174 Å². The number of amides is 7. The Kier molecular flexibility index (Phi) is 24.0. The molecule has 4 unspecified atom stereocenters. The molecule has 30 nitrogen and oxygen atoms in total. The van der Waals surface area contributed by atoms with Crippen molar-refractivity contribution in [3.63, 3.8) is 0 Å². The Morgan fingerprint density at radius 2 is 1.32 bits per heavy atom. The van der Waals surface area contributed by atoms with E-state index in [2.05, 4.69) is 41.0 Å². The van der Waals surface area contributed by atoms with Gasteiger partial charge in [-0.1, -0.05) is 72.9 Å². The Morgan fingerprint density at radius 3 is 1.95 bits per heavy atom. The molecule has 32 heteroatoms. The van der Waals surface area contributed by atoms with Crippen LogP contribution in [0.5, 0.6) is 17.2 Å². The second kappa shape index (κ2) is 31.6. The van der Waals surface area contributed by atoms with Crippen LogP contribution in [0, 0.1) is 5.92 Å². The number of methoxy groups -OCH3 is 1. The topological polar surface area (TPSA) is 462 Å². The summed E-state index contributed by atoms with van der Waals surface area (Å²) < 4.78 is 47.8. The molecule has 3 saturated heterocycles. The number of β-amino-alcohol motifs (C(OH)–C–C–N with tert-alkyl or cyclic N) is 1. The van der Waals surface area contributed by atoms with E-state index in [9.17, 15) is 82.3 Å². The first kappa shape index (κ1) is 70.6. The van der Waals surface area contributed by atoms with Gasteiger partial charge >= 0.3 is 10.4 Å². The molecule has 3 aliphatic heterocycles. The molecule has 7 amide bonds. The summed E-state index contributed by atoms with van der Waals surface area (Å²) in [6.45, 7) is 1.93. The van der Waals surface area contributed by atoms with Gasteiger partial charge in [0.1, 0.15) is 52.0 Å². The quantitative estimate of drug-likeness (QED) is 0.0312. The number of nitrogens with one attached hydrogen (secondary N) is 5. The fourth-order valence-electron chi connectivity index (χ4n) is 11.0. The minimum absolute atomic E-state index is 0.00104. The number of phenols is 1. The number of carbonyl (C=O) groups excluding carboxylic acids is 7. The van der Waals surface area contributed by atoms with Crippen LogP contribution in [0.1, 0.15) is 61.9 Å². The van der Waals surface area contributed by atoms with Crippen LogP contribution >= 0.6 is 11.3 Å². The highest BCUT2D eigenvalue weighted by Crippen LogP contribution is 2.34. The minimum atomic E-state index is -5.22. The van der Waals surface area contributed by atoms with E-state index in [1.54, 1.807) is 19.2 Å². The number of fused-ring (bicyclic) bond motifs is 2. The van der Waals surface area contributed by atoms with Crippen LogP contribution in [0.15, 0.2) is 91.0 Å². The molecule has 0 radical (unpaired) electrons. The summed E-state index contributed by atoms with van der Waals surface area (Å²) in [4.78, 5) is 103. The molecule has 5 aromatic rings. The molecule has 13 atom stereocenters. The molecule has 1 aromatic heterocycles. The third-order valence-electron chi connectivity index (χ3n) is 16.0. The highest BCUT2D eigenvalue weighted by molar-refractivity contribution is 7.81. The van der Waals surface area contributed by atoms with Crippen LogP contribution in [-0.2, 0) is 50.3 Å². The van der Waals surface area contributed by atoms with Crippen LogP contribution in [-0.4, -0.2) is 229 Å². The number of nitrogens with zero attached hydrogens (tertiary/aromatic N) is 4. The molecule has 502 valence electrons. The fraction of sp³-hybridized carbons (Fsp3) is 0.459. The number of hydrogen-bond acceptors (Lipinski definition) is 23. The lowest BCUT2D eigenvalue weighted by molar-refractivity contribution is -0.147. The summed E-state index contributed by atoms with van der Waals surface area (Å²) in [6.07, 6.45) is -11.0. The monoisotopic (exact) mass is 1330 g/mol. The molecule has 0 spiro atoms. The van der Waals surface area contributed by atoms with E-state index in [-0.39, 0.29) is 30.6 Å². The number of hydrogen-bond donors (Lipinski definition) is 14. The van der Waals surface area contributed by atoms with Gasteiger partial charge in [0, 0.05) is 75.2 Å². The Morgan fingerprint density at radius 1 is 0.731 bits per heavy atom. The number of benzene rings is 4. The van der Waals surface area contributed by atoms with Crippen LogP contribution in [0.3, 0.4) is 0 Å². The van der Waals surface area contributed by atoms with E-state index in [4.69, 9.17) is 15.2 Å². The van der Waals surface area contributed by atoms with Gasteiger partial charge in [0.15, 0.2) is 11.5 Å². The van der Waals surface area contributed by atoms with Crippen molar-refractivity contribution in [2.75, 3.05) is 46.5 Å². The van der Waals surface area contributed by atoms with Gasteiger partial charge in [-0.15, -0.1) is 10.2 Å². The highest BCUT2D eigenvalue weighted by Gasteiger charge is 2.50. The first-order chi connectivity index (χ1) is 44.2. The molecule has 0 aliphatic carbocycles. The smallest absolute Gasteiger partial charge is 0.446 e. The van der Waals surface area contributed by atoms with Crippen molar-refractivity contribution in [2.45, 2.75) is 125 Å². The van der Waals surface area contributed by atoms with Gasteiger partial charge in [0.25, 0.3) is 5.91 Å². The van der Waals surface area contributed by atoms with Crippen molar-refractivity contribution in [3.8, 4) is 49.5 Å². The zero-order valence-electron chi connectivity index (χ0n) is 50.8. The minimum Gasteiger partial charge on any atom is -0.504 e. The molecule has 3 fully saturated rings. The van der Waals surface area contributed by atoms with E-state index in [0.717, 1.165) is 70.2 Å². The summed E-state index contributed by atoms with van der Waals surface area (Å²) in [6, 6.07) is 13.0. The summed E-state index contributed by atoms with van der Waals surface area (Å²) in [5, 5.41) is 100. The summed E-state index contributed by atoms with van der Waals surface area (Å²) in [5.74, 6) is -9.76. The van der Waals surface area contributed by atoms with Gasteiger partial charge in [0.05, 0.1) is 43.2 Å². The molecule has 4 heterocycles. The van der Waals surface area contributed by atoms with Crippen LogP contribution in [0.2, 0.25) is 0 Å². The molecule has 0 saturated carbocycles. The number of nitrogens with two attached hydrogens (primary N) is 1. The SMILES string of the molecule is COCCCCOc1ccc(-c2ccc(-c3nnc(-c4ccc(C(=O)NC5C[C@@H](O)CNC(=O)C6[C@@H](O)[C@@H](C)CN6C(=O)C([C@H](O)CCN)NC(=O)[C@H]([C@H](O)Cc6ccc(O)c(OS(=O)(=O)O)c6)NC(=O)C6C[C@@H](O)CN6C(=O)[C@H]([C@@H](C)O)NC5=O)cc4)s3)cc2)cc1. The van der Waals surface area contributed by atoms with E-state index in [1.165, 1.54) is 30.4 Å². The van der Waals surface area contributed by atoms with Gasteiger partial charge in [-0.2, -0.15) is 8.42 Å². The first-order valence-corrected chi connectivity index (χ1v) is 32.1. The molecule has 15 N–H and O–H groups in total. The lowest BCUT2D eigenvalue weighted by atomic mass is 9.98. The van der Waals surface area contributed by atoms with Gasteiger partial charge in [0.2, 0.25) is 35.4 Å². The van der Waals surface area contributed by atoms with E-state index in [1.807, 2.05) is 48.5 Å². The number of phenolic OH excluding ortho intramolecular Hbond substituents is 1. The second-order valence-electron chi connectivity index (χ2n) is 23.0. The van der Waals surface area contributed by atoms with Gasteiger partial charge in [-0.3, -0.25) is 38.1 Å². The zero-order chi connectivity index (χ0) is 67.4. The maximum atomic E-state index is 14.7. The zero-order valence-corrected chi connectivity index (χ0v) is 52.4. The normalized spacial score (nSPS) is 24.7. The molecule has 0 bridgehead atoms. The number of ether oxygens (including phenoxy) is 2. The molecule has 3 aliphatic rings. The van der Waals surface area contributed by atoms with Crippen LogP contribution < -0.4 is 41.2 Å². The van der Waals surface area contributed by atoms with Crippen molar-refractivity contribution in [2.24, 2.45) is 11.7 Å². The maximum Gasteiger partial charge on any atom is 0.446 e. The molecule has 8 rings (SSSR count). The number of carbonyl (C=O) groups is 7. The fourth-order valence-corrected chi connectivity index (χ4v) is 12.2. The first-order valence-electron chi connectivity index (χ1n) is 29.9. The van der Waals surface area contributed by atoms with Gasteiger partial charge in [-0.25, -0.2) is 0 Å². The van der Waals surface area contributed by atoms with Crippen LogP contribution in [0.4, 0.5) is 0 Å². The van der Waals surface area contributed by atoms with Crippen molar-refractivity contribution in [1.29, 1.82) is 0 Å². The standard InChI is InChI=1S/C61H76N10O20S2/c1-31-29-71-51(52(31)78)57(83)63-28-39(73)26-42(64-53(79)36-9-13-38(14-10-36)59-69-68-58(92-59)37-11-7-34(8-12-37)35-15-17-41(18-16-35)90-23-5-4-22-89-3)54(80)65-48(32(2)72)60(84)70-30-40(74)27-43(70)55(81)66-49(56(82)67-50(61(71)85)45(76)20-21-62)46(77)24-33-6-19-44(75)47(25-33)91-93(86,87)88/h6-19,25,31-32,39-40,42-43,45-46,48-52,72-78H,4-5,20-24,26-30,62H2,1-3H3,(H,63,83)(H,64,79)(H,65,80)(H,66,81)(H,67,82)(H,86,87,88)/t31-,32+,39+,40+,42?,43?,45+,46+,48-,49-,50?,51?,52-/m0/s1. The van der Waals surface area contributed by atoms with E-state index >= 15 is 0 Å². The highest BCUT2D eigenvalue weighted by atomic mass is 32.3. The average molecular weight is 1330 g/mol. The van der Waals surface area contributed by atoms with Crippen molar-refractivity contribution < 1.29 is 95.9 Å². The van der Waals surface area contributed by atoms with Crippen molar-refractivity contribution >= 4 is 63.1 Å². The molecular weight excluding hydrogens is 1260 g/mol. The van der Waals surface area contributed by atoms with Gasteiger partial charge < -0.3 is 91.5 Å². The second-order valence-corrected chi connectivity index (χ2v) is 25.0. The van der Waals surface area contributed by atoms with Crippen molar-refractivity contribution in [3.05, 3.63) is 102 Å². The summed E-state index contributed by atoms with van der Waals surface area (Å²) >= 11 is 1.29. The Labute approximate surface area is 538 Å². The Balaban J connectivity index is 1.05. The lowest BCUT2D eigenvalue weighted by Gasteiger charge is -2.34. The van der Waals surface area contributed by atoms with Crippen molar-refractivity contribution in [1.82, 2.24) is 46.6 Å². The number of aliphatic hydroxyl groups is 6. The Hall–Kier alpha value is -8.28. The number of unbranched alkanes of at least 4 members (excludes halogenated alkanes) is 1. The number of aliphatic hydroxyl groups excluding tert-OH is 6. The predicted molar refractivity (Wildman–Crippen MR) is 332 cm³/mol. The third kappa shape index (κ3) is 18.1. The summed E-state index contributed by atoms with van der Waals surface area (Å²) in [5.41, 5.74) is 9.00. The molecular formula is C61H76N10O20S2. The third-order valence-corrected chi connectivity index (χ3v) is 17.4. The largest absolute Gasteiger partial charge is 0.504 e. The number of rotatable bonds is 20. The number of aromatic nitrogens is 2. The average Bonchev–Trinajstić information content (AvgIpc) is 1.70. The Bertz CT molecular complexity index is 3570. The van der Waals surface area contributed by atoms with Crippen LogP contribution in [0.25, 0.3) is 32.3 Å². The lowest BCUT2D eigenvalue weighted by Crippen LogP contribution is -2.64. The van der Waals surface area contributed by atoms with Gasteiger partial charge in [-0.05, 0) is 85.8 Å². The van der Waals surface area contributed by atoms with E-state index in [0.29, 0.717) is 28.8 Å².